The molecule has 0 radical (unpaired) electrons. The maximum atomic E-state index is 13.3. The molecular weight excluding hydrogens is 508 g/mol. The number of H-pyrrole nitrogens is 1. The van der Waals surface area contributed by atoms with Crippen LogP contribution in [0.1, 0.15) is 57.3 Å². The first-order valence-corrected chi connectivity index (χ1v) is 12.9. The second-order valence-corrected chi connectivity index (χ2v) is 9.41. The number of benzene rings is 1. The van der Waals surface area contributed by atoms with E-state index in [-0.39, 0.29) is 37.8 Å². The van der Waals surface area contributed by atoms with Crippen molar-refractivity contribution in [3.05, 3.63) is 35.7 Å². The van der Waals surface area contributed by atoms with Gasteiger partial charge in [0.15, 0.2) is 5.82 Å². The summed E-state index contributed by atoms with van der Waals surface area (Å²) in [5.74, 6) is -2.59. The lowest BCUT2D eigenvalue weighted by molar-refractivity contribution is -0.137. The van der Waals surface area contributed by atoms with Crippen molar-refractivity contribution < 1.29 is 29.1 Å². The molecule has 14 nitrogen and oxygen atoms in total. The number of aromatic amines is 1. The van der Waals surface area contributed by atoms with Gasteiger partial charge in [-0.15, -0.1) is 10.2 Å². The number of carboxylic acid groups (broad SMARTS) is 1. The zero-order valence-corrected chi connectivity index (χ0v) is 22.0. The van der Waals surface area contributed by atoms with Gasteiger partial charge in [0.1, 0.15) is 12.1 Å². The molecule has 14 heteroatoms. The minimum atomic E-state index is -0.927. The van der Waals surface area contributed by atoms with Crippen molar-refractivity contribution in [1.29, 1.82) is 0 Å². The fourth-order valence-corrected chi connectivity index (χ4v) is 4.31. The van der Waals surface area contributed by atoms with Crippen LogP contribution in [0.4, 0.5) is 5.69 Å². The van der Waals surface area contributed by atoms with Crippen LogP contribution in [-0.4, -0.2) is 74.0 Å². The highest BCUT2D eigenvalue weighted by molar-refractivity contribution is 6.05. The summed E-state index contributed by atoms with van der Waals surface area (Å²) in [4.78, 5) is 63.8. The first-order valence-electron chi connectivity index (χ1n) is 12.9. The van der Waals surface area contributed by atoms with Crippen molar-refractivity contribution >= 4 is 35.3 Å². The smallest absolute Gasteiger partial charge is 0.303 e. The standard InChI is InChI=1S/C25H34N8O6/c1-3-15(2)23(28-20(34)10-6-7-11-22(36)37)25(39)27-14-21(35)33-17-9-5-4-8-16(17)12-18(33)24(38)26-13-19-29-31-32-30-19/h4-5,8-9,15,18,23H,3,6-7,10-14H2,1-2H3,(H,26,38)(H,27,39)(H,28,34)(H,36,37)(H,29,30,31,32)/t15-,18-,23-/m0/s1. The van der Waals surface area contributed by atoms with E-state index < -0.39 is 35.8 Å². The van der Waals surface area contributed by atoms with E-state index in [0.717, 1.165) is 5.56 Å². The zero-order valence-electron chi connectivity index (χ0n) is 22.0. The van der Waals surface area contributed by atoms with Gasteiger partial charge in [0.05, 0.1) is 13.1 Å². The molecule has 1 aliphatic rings. The van der Waals surface area contributed by atoms with Crippen molar-refractivity contribution in [3.63, 3.8) is 0 Å². The Hall–Kier alpha value is -4.36. The number of rotatable bonds is 14. The van der Waals surface area contributed by atoms with E-state index >= 15 is 0 Å². The summed E-state index contributed by atoms with van der Waals surface area (Å²) in [5.41, 5.74) is 1.41. The number of tetrazole rings is 1. The number of nitrogens with one attached hydrogen (secondary N) is 4. The Bertz CT molecular complexity index is 1170. The molecule has 0 saturated carbocycles. The van der Waals surface area contributed by atoms with Gasteiger partial charge in [-0.3, -0.25) is 28.9 Å². The average molecular weight is 543 g/mol. The van der Waals surface area contributed by atoms with Crippen LogP contribution in [0.15, 0.2) is 24.3 Å². The number of amides is 4. The summed E-state index contributed by atoms with van der Waals surface area (Å²) >= 11 is 0. The van der Waals surface area contributed by atoms with Crippen LogP contribution in [0.3, 0.4) is 0 Å². The zero-order chi connectivity index (χ0) is 28.4. The Balaban J connectivity index is 1.62. The molecule has 2 aromatic rings. The number of aromatic nitrogens is 4. The lowest BCUT2D eigenvalue weighted by Gasteiger charge is -2.26. The Morgan fingerprint density at radius 1 is 1.13 bits per heavy atom. The normalized spacial score (nSPS) is 15.6. The number of fused-ring (bicyclic) bond motifs is 1. The Morgan fingerprint density at radius 2 is 1.87 bits per heavy atom. The van der Waals surface area contributed by atoms with Gasteiger partial charge in [-0.1, -0.05) is 43.7 Å². The molecule has 4 amide bonds. The molecule has 0 fully saturated rings. The summed E-state index contributed by atoms with van der Waals surface area (Å²) in [6.45, 7) is 3.36. The molecule has 0 bridgehead atoms. The number of carboxylic acids is 1. The Kier molecular flexibility index (Phi) is 10.5. The number of unbranched alkanes of at least 4 members (excludes halogenated alkanes) is 1. The predicted octanol–water partition coefficient (Wildman–Crippen LogP) is 0.0659. The van der Waals surface area contributed by atoms with Gasteiger partial charge < -0.3 is 21.1 Å². The van der Waals surface area contributed by atoms with Gasteiger partial charge in [-0.25, -0.2) is 0 Å². The molecule has 3 rings (SSSR count). The number of aliphatic carboxylic acids is 1. The van der Waals surface area contributed by atoms with E-state index in [1.165, 1.54) is 4.90 Å². The molecule has 0 aliphatic carbocycles. The Labute approximate surface area is 225 Å². The third kappa shape index (κ3) is 8.06. The van der Waals surface area contributed by atoms with Crippen molar-refractivity contribution in [2.75, 3.05) is 11.4 Å². The number of nitrogens with zero attached hydrogens (tertiary/aromatic N) is 4. The first kappa shape index (κ1) is 29.2. The summed E-state index contributed by atoms with van der Waals surface area (Å²) in [7, 11) is 0. The third-order valence-corrected chi connectivity index (χ3v) is 6.63. The molecule has 2 heterocycles. The molecule has 5 N–H and O–H groups in total. The maximum Gasteiger partial charge on any atom is 0.303 e. The molecule has 1 aromatic heterocycles. The second kappa shape index (κ2) is 14.0. The lowest BCUT2D eigenvalue weighted by atomic mass is 9.98. The number of hydrogen-bond donors (Lipinski definition) is 5. The van der Waals surface area contributed by atoms with Crippen molar-refractivity contribution in [1.82, 2.24) is 36.6 Å². The molecule has 1 aromatic carbocycles. The van der Waals surface area contributed by atoms with Crippen LogP contribution in [0, 0.1) is 5.92 Å². The van der Waals surface area contributed by atoms with Crippen molar-refractivity contribution in [2.24, 2.45) is 5.92 Å². The summed E-state index contributed by atoms with van der Waals surface area (Å²) in [6, 6.07) is 5.48. The highest BCUT2D eigenvalue weighted by Crippen LogP contribution is 2.32. The molecule has 3 atom stereocenters. The van der Waals surface area contributed by atoms with E-state index in [1.807, 2.05) is 26.0 Å². The molecule has 0 spiro atoms. The second-order valence-electron chi connectivity index (χ2n) is 9.41. The Morgan fingerprint density at radius 3 is 2.56 bits per heavy atom. The molecule has 210 valence electrons. The van der Waals surface area contributed by atoms with E-state index in [4.69, 9.17) is 5.11 Å². The maximum absolute atomic E-state index is 13.3. The number of carbonyl (C=O) groups is 5. The fourth-order valence-electron chi connectivity index (χ4n) is 4.31. The minimum absolute atomic E-state index is 0.0274. The number of carbonyl (C=O) groups excluding carboxylic acids is 4. The number of para-hydroxylation sites is 1. The summed E-state index contributed by atoms with van der Waals surface area (Å²) in [6.07, 6.45) is 1.72. The van der Waals surface area contributed by atoms with Crippen molar-refractivity contribution in [3.8, 4) is 0 Å². The summed E-state index contributed by atoms with van der Waals surface area (Å²) in [5, 5.41) is 30.1. The van der Waals surface area contributed by atoms with Crippen LogP contribution in [-0.2, 0) is 36.9 Å². The predicted molar refractivity (Wildman–Crippen MR) is 138 cm³/mol. The highest BCUT2D eigenvalue weighted by atomic mass is 16.4. The molecule has 39 heavy (non-hydrogen) atoms. The quantitative estimate of drug-likeness (QED) is 0.205. The topological polar surface area (TPSA) is 199 Å². The van der Waals surface area contributed by atoms with Crippen molar-refractivity contribution in [2.45, 2.75) is 71.0 Å². The highest BCUT2D eigenvalue weighted by Gasteiger charge is 2.38. The van der Waals surface area contributed by atoms with Crippen LogP contribution < -0.4 is 20.9 Å². The van der Waals surface area contributed by atoms with Crippen LogP contribution in [0.5, 0.6) is 0 Å². The van der Waals surface area contributed by atoms with Crippen LogP contribution in [0.25, 0.3) is 0 Å². The van der Waals surface area contributed by atoms with Gasteiger partial charge >= 0.3 is 5.97 Å². The van der Waals surface area contributed by atoms with E-state index in [1.54, 1.807) is 12.1 Å². The molecule has 0 saturated heterocycles. The summed E-state index contributed by atoms with van der Waals surface area (Å²) < 4.78 is 0. The van der Waals surface area contributed by atoms with Gasteiger partial charge in [0, 0.05) is 24.9 Å². The van der Waals surface area contributed by atoms with Gasteiger partial charge in [0.25, 0.3) is 0 Å². The third-order valence-electron chi connectivity index (χ3n) is 6.63. The van der Waals surface area contributed by atoms with Gasteiger partial charge in [-0.05, 0) is 30.4 Å². The fraction of sp³-hybridized carbons (Fsp3) is 0.520. The van der Waals surface area contributed by atoms with Gasteiger partial charge in [0.2, 0.25) is 23.6 Å². The number of anilines is 1. The van der Waals surface area contributed by atoms with Crippen LogP contribution in [0.2, 0.25) is 0 Å². The monoisotopic (exact) mass is 542 g/mol. The lowest BCUT2D eigenvalue weighted by Crippen LogP contribution is -2.54. The van der Waals surface area contributed by atoms with Gasteiger partial charge in [-0.2, -0.15) is 5.21 Å². The van der Waals surface area contributed by atoms with Crippen LogP contribution >= 0.6 is 0 Å². The number of hydrogen-bond acceptors (Lipinski definition) is 8. The molecule has 1 aliphatic heterocycles. The minimum Gasteiger partial charge on any atom is -0.481 e. The average Bonchev–Trinajstić information content (AvgIpc) is 3.58. The van der Waals surface area contributed by atoms with E-state index in [2.05, 4.69) is 36.6 Å². The largest absolute Gasteiger partial charge is 0.481 e. The first-order chi connectivity index (χ1) is 18.7. The van der Waals surface area contributed by atoms with E-state index in [9.17, 15) is 24.0 Å². The van der Waals surface area contributed by atoms with E-state index in [0.29, 0.717) is 37.2 Å². The molecular formula is C25H34N8O6. The molecule has 0 unspecified atom stereocenters. The SMILES string of the molecule is CC[C@H](C)[C@H](NC(=O)CCCCC(=O)O)C(=O)NCC(=O)N1c2ccccc2C[C@H]1C(=O)NCc1nn[nH]n1.